The Bertz CT molecular complexity index is 1070. The van der Waals surface area contributed by atoms with Crippen LogP contribution in [0.1, 0.15) is 16.9 Å². The molecule has 0 radical (unpaired) electrons. The monoisotopic (exact) mass is 408 g/mol. The zero-order valence-corrected chi connectivity index (χ0v) is 15.6. The molecule has 10 heteroatoms. The number of aromatic hydroxyl groups is 1. The van der Waals surface area contributed by atoms with Gasteiger partial charge in [-0.2, -0.15) is 0 Å². The SMILES string of the molecule is COC(=O)C1=Nc2ccc(F)cc2C1=Cc1sc(=S)n(CCC(=O)O)c1O. The van der Waals surface area contributed by atoms with Gasteiger partial charge in [-0.05, 0) is 36.5 Å². The molecule has 1 aromatic carbocycles. The Hall–Kier alpha value is -2.85. The zero-order valence-electron chi connectivity index (χ0n) is 13.9. The molecule has 7 nitrogen and oxygen atoms in total. The number of thiazole rings is 1. The topological polar surface area (TPSA) is 101 Å². The van der Waals surface area contributed by atoms with Crippen molar-refractivity contribution in [2.24, 2.45) is 4.99 Å². The van der Waals surface area contributed by atoms with Crippen molar-refractivity contribution in [3.63, 3.8) is 0 Å². The first-order chi connectivity index (χ1) is 12.8. The van der Waals surface area contributed by atoms with E-state index in [4.69, 9.17) is 22.1 Å². The molecular weight excluding hydrogens is 395 g/mol. The van der Waals surface area contributed by atoms with Crippen LogP contribution in [0.5, 0.6) is 5.88 Å². The van der Waals surface area contributed by atoms with Crippen molar-refractivity contribution in [3.05, 3.63) is 38.4 Å². The van der Waals surface area contributed by atoms with Crippen LogP contribution in [0.3, 0.4) is 0 Å². The number of aromatic nitrogens is 1. The van der Waals surface area contributed by atoms with E-state index in [1.54, 1.807) is 0 Å². The second kappa shape index (κ2) is 7.41. The van der Waals surface area contributed by atoms with Gasteiger partial charge >= 0.3 is 11.9 Å². The number of methoxy groups -OCH3 is 1. The number of esters is 1. The molecule has 0 bridgehead atoms. The first kappa shape index (κ1) is 18.9. The number of nitrogens with zero attached hydrogens (tertiary/aromatic N) is 2. The number of halogens is 1. The number of carboxylic acid groups (broad SMARTS) is 1. The number of hydrogen-bond donors (Lipinski definition) is 2. The van der Waals surface area contributed by atoms with E-state index >= 15 is 0 Å². The zero-order chi connectivity index (χ0) is 19.7. The number of aliphatic imine (C=N–C) groups is 1. The summed E-state index contributed by atoms with van der Waals surface area (Å²) in [5, 5.41) is 19.2. The lowest BCUT2D eigenvalue weighted by atomic mass is 10.0. The maximum absolute atomic E-state index is 13.7. The van der Waals surface area contributed by atoms with Crippen LogP contribution in [0.25, 0.3) is 11.6 Å². The Labute approximate surface area is 161 Å². The molecule has 0 amide bonds. The normalized spacial score (nSPS) is 14.1. The van der Waals surface area contributed by atoms with E-state index in [2.05, 4.69) is 4.99 Å². The molecule has 0 spiro atoms. The van der Waals surface area contributed by atoms with E-state index in [1.807, 2.05) is 0 Å². The third-order valence-corrected chi connectivity index (χ3v) is 5.22. The summed E-state index contributed by atoms with van der Waals surface area (Å²) in [5.41, 5.74) is 1.05. The van der Waals surface area contributed by atoms with Crippen LogP contribution in [0.2, 0.25) is 0 Å². The van der Waals surface area contributed by atoms with Crippen molar-refractivity contribution in [3.8, 4) is 5.88 Å². The molecule has 0 unspecified atom stereocenters. The molecule has 1 aromatic heterocycles. The van der Waals surface area contributed by atoms with Gasteiger partial charge in [-0.15, -0.1) is 11.3 Å². The second-order valence-corrected chi connectivity index (χ2v) is 7.20. The summed E-state index contributed by atoms with van der Waals surface area (Å²) in [6.07, 6.45) is 1.26. The molecule has 2 heterocycles. The van der Waals surface area contributed by atoms with Crippen LogP contribution in [0.15, 0.2) is 23.2 Å². The van der Waals surface area contributed by atoms with Crippen molar-refractivity contribution in [2.45, 2.75) is 13.0 Å². The van der Waals surface area contributed by atoms with Crippen molar-refractivity contribution in [1.29, 1.82) is 0 Å². The quantitative estimate of drug-likeness (QED) is 0.581. The van der Waals surface area contributed by atoms with Gasteiger partial charge in [0.25, 0.3) is 0 Å². The van der Waals surface area contributed by atoms with Crippen molar-refractivity contribution in [2.75, 3.05) is 7.11 Å². The molecule has 0 fully saturated rings. The number of carbonyl (C=O) groups excluding carboxylic acids is 1. The molecule has 0 saturated heterocycles. The fourth-order valence-corrected chi connectivity index (χ4v) is 3.87. The Morgan fingerprint density at radius 3 is 2.85 bits per heavy atom. The van der Waals surface area contributed by atoms with Crippen LogP contribution in [0, 0.1) is 9.77 Å². The Kier molecular flexibility index (Phi) is 5.19. The highest BCUT2D eigenvalue weighted by Gasteiger charge is 2.28. The molecule has 0 atom stereocenters. The summed E-state index contributed by atoms with van der Waals surface area (Å²) < 4.78 is 20.0. The first-order valence-corrected chi connectivity index (χ1v) is 8.87. The van der Waals surface area contributed by atoms with Crippen molar-refractivity contribution < 1.29 is 28.9 Å². The molecule has 2 aromatic rings. The number of hydrogen-bond acceptors (Lipinski definition) is 7. The van der Waals surface area contributed by atoms with Gasteiger partial charge in [0.15, 0.2) is 9.67 Å². The summed E-state index contributed by atoms with van der Waals surface area (Å²) in [4.78, 5) is 27.3. The van der Waals surface area contributed by atoms with Gasteiger partial charge in [0.2, 0.25) is 5.88 Å². The van der Waals surface area contributed by atoms with Crippen LogP contribution in [-0.2, 0) is 20.9 Å². The summed E-state index contributed by atoms with van der Waals surface area (Å²) in [7, 11) is 1.20. The molecule has 1 aliphatic rings. The Morgan fingerprint density at radius 1 is 1.44 bits per heavy atom. The summed E-state index contributed by atoms with van der Waals surface area (Å²) in [6, 6.07) is 3.90. The van der Waals surface area contributed by atoms with Crippen LogP contribution < -0.4 is 0 Å². The minimum atomic E-state index is -1.03. The van der Waals surface area contributed by atoms with Crippen LogP contribution in [0.4, 0.5) is 10.1 Å². The summed E-state index contributed by atoms with van der Waals surface area (Å²) in [5.74, 6) is -2.46. The lowest BCUT2D eigenvalue weighted by molar-refractivity contribution is -0.137. The van der Waals surface area contributed by atoms with Gasteiger partial charge in [0.1, 0.15) is 5.82 Å². The number of carbonyl (C=O) groups is 2. The Balaban J connectivity index is 2.10. The number of benzene rings is 1. The van der Waals surface area contributed by atoms with Crippen molar-refractivity contribution in [1.82, 2.24) is 4.57 Å². The van der Waals surface area contributed by atoms with Gasteiger partial charge in [0, 0.05) is 17.7 Å². The molecule has 2 N–H and O–H groups in total. The first-order valence-electron chi connectivity index (χ1n) is 7.65. The Morgan fingerprint density at radius 2 is 2.19 bits per heavy atom. The van der Waals surface area contributed by atoms with Gasteiger partial charge in [-0.25, -0.2) is 14.2 Å². The third kappa shape index (κ3) is 3.67. The average molecular weight is 408 g/mol. The lowest BCUT2D eigenvalue weighted by Gasteiger charge is -2.05. The van der Waals surface area contributed by atoms with E-state index in [9.17, 15) is 19.1 Å². The summed E-state index contributed by atoms with van der Waals surface area (Å²) in [6.45, 7) is 0.00281. The smallest absolute Gasteiger partial charge is 0.357 e. The predicted molar refractivity (Wildman–Crippen MR) is 100 cm³/mol. The number of carboxylic acids is 1. The van der Waals surface area contributed by atoms with E-state index in [0.717, 1.165) is 11.3 Å². The molecule has 3 rings (SSSR count). The highest BCUT2D eigenvalue weighted by atomic mass is 32.1. The minimum Gasteiger partial charge on any atom is -0.493 e. The molecule has 0 saturated carbocycles. The largest absolute Gasteiger partial charge is 0.493 e. The van der Waals surface area contributed by atoms with Crippen LogP contribution in [-0.4, -0.2) is 39.5 Å². The van der Waals surface area contributed by atoms with E-state index < -0.39 is 17.8 Å². The van der Waals surface area contributed by atoms with Gasteiger partial charge in [-0.1, -0.05) is 0 Å². The maximum Gasteiger partial charge on any atom is 0.357 e. The van der Waals surface area contributed by atoms with Gasteiger partial charge < -0.3 is 14.9 Å². The number of fused-ring (bicyclic) bond motifs is 1. The summed E-state index contributed by atoms with van der Waals surface area (Å²) >= 11 is 6.21. The highest BCUT2D eigenvalue weighted by Crippen LogP contribution is 2.39. The number of ether oxygens (including phenoxy) is 1. The van der Waals surface area contributed by atoms with E-state index in [-0.39, 0.29) is 34.1 Å². The molecule has 140 valence electrons. The molecule has 27 heavy (non-hydrogen) atoms. The molecule has 0 aliphatic carbocycles. The maximum atomic E-state index is 13.7. The van der Waals surface area contributed by atoms with E-state index in [0.29, 0.717) is 16.1 Å². The predicted octanol–water partition coefficient (Wildman–Crippen LogP) is 3.40. The lowest BCUT2D eigenvalue weighted by Crippen LogP contribution is -2.14. The van der Waals surface area contributed by atoms with Gasteiger partial charge in [0.05, 0.1) is 24.1 Å². The molecule has 1 aliphatic heterocycles. The number of aliphatic carboxylic acids is 1. The standard InChI is InChI=1S/C17H13FN2O5S2/c1-25-16(24)14-10(9-6-8(18)2-3-11(9)19-14)7-12-15(23)20(17(26)27-12)5-4-13(21)22/h2-3,6-7,23H,4-5H2,1H3,(H,21,22). The van der Waals surface area contributed by atoms with Gasteiger partial charge in [-0.3, -0.25) is 9.36 Å². The fourth-order valence-electron chi connectivity index (χ4n) is 2.57. The van der Waals surface area contributed by atoms with E-state index in [1.165, 1.54) is 36.0 Å². The van der Waals surface area contributed by atoms with Crippen molar-refractivity contribution >= 4 is 58.5 Å². The number of rotatable bonds is 5. The average Bonchev–Trinajstić information content (AvgIpc) is 3.10. The highest BCUT2D eigenvalue weighted by molar-refractivity contribution is 7.73. The third-order valence-electron chi connectivity index (χ3n) is 3.83. The second-order valence-electron chi connectivity index (χ2n) is 5.52. The van der Waals surface area contributed by atoms with Crippen LogP contribution >= 0.6 is 23.6 Å². The fraction of sp³-hybridized carbons (Fsp3) is 0.176. The molecular formula is C17H13FN2O5S2. The minimum absolute atomic E-state index is 0.00281.